The second-order valence-corrected chi connectivity index (χ2v) is 3.18. The van der Waals surface area contributed by atoms with Gasteiger partial charge in [0.2, 0.25) is 0 Å². The molecule has 1 aromatic heterocycles. The van der Waals surface area contributed by atoms with Crippen LogP contribution in [-0.2, 0) is 13.0 Å². The van der Waals surface area contributed by atoms with Crippen LogP contribution in [0.15, 0.2) is 6.20 Å². The Bertz CT molecular complexity index is 215. The van der Waals surface area contributed by atoms with Gasteiger partial charge >= 0.3 is 0 Å². The second-order valence-electron chi connectivity index (χ2n) is 3.18. The van der Waals surface area contributed by atoms with Gasteiger partial charge in [0.1, 0.15) is 0 Å². The van der Waals surface area contributed by atoms with Gasteiger partial charge in [-0.25, -0.2) is 0 Å². The van der Waals surface area contributed by atoms with Gasteiger partial charge in [-0.1, -0.05) is 13.8 Å². The van der Waals surface area contributed by atoms with Crippen molar-refractivity contribution in [1.29, 1.82) is 0 Å². The highest BCUT2D eigenvalue weighted by Crippen LogP contribution is 2.09. The summed E-state index contributed by atoms with van der Waals surface area (Å²) in [5, 5.41) is 6.90. The van der Waals surface area contributed by atoms with Gasteiger partial charge in [0.15, 0.2) is 0 Å². The Hall–Kier alpha value is -0.830. The van der Waals surface area contributed by atoms with E-state index < -0.39 is 0 Å². The van der Waals surface area contributed by atoms with Crippen molar-refractivity contribution in [2.45, 2.75) is 26.8 Å². The number of aromatic amines is 1. The first-order chi connectivity index (χ1) is 5.24. The fourth-order valence-electron chi connectivity index (χ4n) is 1.10. The van der Waals surface area contributed by atoms with Gasteiger partial charge in [0.05, 0.1) is 6.20 Å². The Labute approximate surface area is 67.0 Å². The zero-order valence-electron chi connectivity index (χ0n) is 7.09. The number of nitrogens with zero attached hydrogens (tertiary/aromatic N) is 1. The number of hydrogen-bond donors (Lipinski definition) is 2. The van der Waals surface area contributed by atoms with E-state index in [1.165, 1.54) is 5.69 Å². The minimum atomic E-state index is 0.582. The van der Waals surface area contributed by atoms with E-state index in [9.17, 15) is 0 Å². The molecular weight excluding hydrogens is 138 g/mol. The van der Waals surface area contributed by atoms with E-state index in [4.69, 9.17) is 5.73 Å². The number of H-pyrrole nitrogens is 1. The fraction of sp³-hybridized carbons (Fsp3) is 0.625. The maximum absolute atomic E-state index is 5.51. The normalized spacial score (nSPS) is 10.9. The predicted molar refractivity (Wildman–Crippen MR) is 45.0 cm³/mol. The highest BCUT2D eigenvalue weighted by Gasteiger charge is 2.04. The van der Waals surface area contributed by atoms with Crippen LogP contribution in [0.25, 0.3) is 0 Å². The summed E-state index contributed by atoms with van der Waals surface area (Å²) < 4.78 is 0. The largest absolute Gasteiger partial charge is 0.326 e. The minimum Gasteiger partial charge on any atom is -0.326 e. The van der Waals surface area contributed by atoms with Gasteiger partial charge in [-0.3, -0.25) is 5.10 Å². The molecule has 0 spiro atoms. The van der Waals surface area contributed by atoms with E-state index in [-0.39, 0.29) is 0 Å². The van der Waals surface area contributed by atoms with Crippen LogP contribution in [0.1, 0.15) is 25.1 Å². The van der Waals surface area contributed by atoms with E-state index in [2.05, 4.69) is 24.0 Å². The van der Waals surface area contributed by atoms with Gasteiger partial charge in [0, 0.05) is 17.8 Å². The zero-order chi connectivity index (χ0) is 8.27. The summed E-state index contributed by atoms with van der Waals surface area (Å²) in [6.45, 7) is 4.95. The van der Waals surface area contributed by atoms with Crippen LogP contribution in [0.4, 0.5) is 0 Å². The summed E-state index contributed by atoms with van der Waals surface area (Å²) in [6, 6.07) is 0. The third-order valence-electron chi connectivity index (χ3n) is 1.64. The van der Waals surface area contributed by atoms with Gasteiger partial charge < -0.3 is 5.73 Å². The maximum Gasteiger partial charge on any atom is 0.0535 e. The van der Waals surface area contributed by atoms with Crippen molar-refractivity contribution >= 4 is 0 Å². The lowest BCUT2D eigenvalue weighted by atomic mass is 10.1. The van der Waals surface area contributed by atoms with Gasteiger partial charge in [0.25, 0.3) is 0 Å². The molecule has 0 radical (unpaired) electrons. The Morgan fingerprint density at radius 1 is 1.64 bits per heavy atom. The highest BCUT2D eigenvalue weighted by atomic mass is 15.1. The average molecular weight is 153 g/mol. The van der Waals surface area contributed by atoms with Crippen molar-refractivity contribution in [3.63, 3.8) is 0 Å². The van der Waals surface area contributed by atoms with Crippen molar-refractivity contribution in [3.05, 3.63) is 17.5 Å². The summed E-state index contributed by atoms with van der Waals surface area (Å²) in [4.78, 5) is 0. The Balaban J connectivity index is 2.68. The molecule has 11 heavy (non-hydrogen) atoms. The Morgan fingerprint density at radius 3 is 2.91 bits per heavy atom. The molecule has 0 unspecified atom stereocenters. The van der Waals surface area contributed by atoms with Crippen LogP contribution in [-0.4, -0.2) is 10.2 Å². The van der Waals surface area contributed by atoms with Crippen LogP contribution in [0.5, 0.6) is 0 Å². The molecule has 0 aliphatic heterocycles. The molecule has 1 heterocycles. The van der Waals surface area contributed by atoms with Gasteiger partial charge in [-0.2, -0.15) is 5.10 Å². The molecule has 1 aromatic rings. The summed E-state index contributed by atoms with van der Waals surface area (Å²) in [6.07, 6.45) is 2.84. The molecule has 1 rings (SSSR count). The second kappa shape index (κ2) is 3.53. The van der Waals surface area contributed by atoms with Gasteiger partial charge in [-0.05, 0) is 12.3 Å². The smallest absolute Gasteiger partial charge is 0.0535 e. The van der Waals surface area contributed by atoms with Crippen LogP contribution in [0.2, 0.25) is 0 Å². The maximum atomic E-state index is 5.51. The zero-order valence-corrected chi connectivity index (χ0v) is 7.09. The first kappa shape index (κ1) is 8.27. The number of hydrogen-bond acceptors (Lipinski definition) is 2. The molecule has 0 bridgehead atoms. The van der Waals surface area contributed by atoms with E-state index in [0.717, 1.165) is 12.0 Å². The van der Waals surface area contributed by atoms with Crippen molar-refractivity contribution < 1.29 is 0 Å². The lowest BCUT2D eigenvalue weighted by Gasteiger charge is -2.02. The average Bonchev–Trinajstić information content (AvgIpc) is 2.34. The van der Waals surface area contributed by atoms with Crippen molar-refractivity contribution in [1.82, 2.24) is 10.2 Å². The quantitative estimate of drug-likeness (QED) is 0.682. The Kier molecular flexibility index (Phi) is 2.65. The molecular formula is C8H15N3. The molecule has 3 heteroatoms. The molecule has 0 aromatic carbocycles. The molecule has 0 saturated carbocycles. The minimum absolute atomic E-state index is 0.582. The number of rotatable bonds is 3. The summed E-state index contributed by atoms with van der Waals surface area (Å²) >= 11 is 0. The summed E-state index contributed by atoms with van der Waals surface area (Å²) in [5.74, 6) is 0.653. The van der Waals surface area contributed by atoms with E-state index in [0.29, 0.717) is 12.5 Å². The van der Waals surface area contributed by atoms with Gasteiger partial charge in [-0.15, -0.1) is 0 Å². The third-order valence-corrected chi connectivity index (χ3v) is 1.64. The molecule has 0 fully saturated rings. The van der Waals surface area contributed by atoms with Crippen molar-refractivity contribution in [2.24, 2.45) is 11.7 Å². The molecule has 0 aliphatic rings. The van der Waals surface area contributed by atoms with Crippen LogP contribution < -0.4 is 5.73 Å². The highest BCUT2D eigenvalue weighted by molar-refractivity contribution is 5.15. The fourth-order valence-corrected chi connectivity index (χ4v) is 1.10. The standard InChI is InChI=1S/C8H15N3/c1-6(2)3-8-7(4-9)5-10-11-8/h5-6H,3-4,9H2,1-2H3,(H,10,11). The third kappa shape index (κ3) is 2.05. The van der Waals surface area contributed by atoms with E-state index in [1.54, 1.807) is 6.20 Å². The number of nitrogens with one attached hydrogen (secondary N) is 1. The predicted octanol–water partition coefficient (Wildman–Crippen LogP) is 1.07. The van der Waals surface area contributed by atoms with Crippen LogP contribution in [0, 0.1) is 5.92 Å². The molecule has 0 atom stereocenters. The molecule has 3 nitrogen and oxygen atoms in total. The summed E-state index contributed by atoms with van der Waals surface area (Å²) in [7, 11) is 0. The first-order valence-electron chi connectivity index (χ1n) is 3.95. The van der Waals surface area contributed by atoms with Crippen molar-refractivity contribution in [2.75, 3.05) is 0 Å². The SMILES string of the molecule is CC(C)Cc1[nH]ncc1CN. The molecule has 0 saturated heterocycles. The topological polar surface area (TPSA) is 54.7 Å². The Morgan fingerprint density at radius 2 is 2.36 bits per heavy atom. The lowest BCUT2D eigenvalue weighted by molar-refractivity contribution is 0.629. The monoisotopic (exact) mass is 153 g/mol. The van der Waals surface area contributed by atoms with E-state index >= 15 is 0 Å². The van der Waals surface area contributed by atoms with Crippen LogP contribution >= 0.6 is 0 Å². The molecule has 3 N–H and O–H groups in total. The molecule has 0 aliphatic carbocycles. The molecule has 62 valence electrons. The van der Waals surface area contributed by atoms with Crippen molar-refractivity contribution in [3.8, 4) is 0 Å². The number of nitrogens with two attached hydrogens (primary N) is 1. The lowest BCUT2D eigenvalue weighted by Crippen LogP contribution is -2.02. The van der Waals surface area contributed by atoms with E-state index in [1.807, 2.05) is 0 Å². The van der Waals surface area contributed by atoms with Crippen LogP contribution in [0.3, 0.4) is 0 Å². The first-order valence-corrected chi connectivity index (χ1v) is 3.95. The number of aromatic nitrogens is 2. The summed E-state index contributed by atoms with van der Waals surface area (Å²) in [5.41, 5.74) is 7.83. The molecule has 0 amide bonds.